The molecule has 2 rings (SSSR count). The Morgan fingerprint density at radius 3 is 2.43 bits per heavy atom. The summed E-state index contributed by atoms with van der Waals surface area (Å²) in [5, 5.41) is 3.69. The van der Waals surface area contributed by atoms with Crippen molar-refractivity contribution in [3.05, 3.63) is 57.6 Å². The fourth-order valence-electron chi connectivity index (χ4n) is 2.07. The molecule has 0 aliphatic carbocycles. The van der Waals surface area contributed by atoms with Crippen LogP contribution >= 0.6 is 23.2 Å². The van der Waals surface area contributed by atoms with Gasteiger partial charge in [0.2, 0.25) is 0 Å². The smallest absolute Gasteiger partial charge is 0.255 e. The van der Waals surface area contributed by atoms with Crippen LogP contribution in [0, 0.1) is 0 Å². The predicted molar refractivity (Wildman–Crippen MR) is 92.7 cm³/mol. The Labute approximate surface area is 145 Å². The molecule has 0 unspecified atom stereocenters. The van der Waals surface area contributed by atoms with Crippen LogP contribution in [0.15, 0.2) is 36.4 Å². The summed E-state index contributed by atoms with van der Waals surface area (Å²) in [5.74, 6) is 0.421. The lowest BCUT2D eigenvalue weighted by molar-refractivity contribution is 0.102. The van der Waals surface area contributed by atoms with Gasteiger partial charge in [0.05, 0.1) is 13.7 Å². The molecule has 4 nitrogen and oxygen atoms in total. The predicted octanol–water partition coefficient (Wildman–Crippen LogP) is 4.79. The van der Waals surface area contributed by atoms with Crippen LogP contribution in [-0.4, -0.2) is 19.6 Å². The quantitative estimate of drug-likeness (QED) is 0.811. The Morgan fingerprint density at radius 2 is 1.83 bits per heavy atom. The summed E-state index contributed by atoms with van der Waals surface area (Å²) in [6.07, 6.45) is 0. The maximum atomic E-state index is 12.4. The van der Waals surface area contributed by atoms with Gasteiger partial charge in [0.25, 0.3) is 5.91 Å². The van der Waals surface area contributed by atoms with Gasteiger partial charge in [-0.05, 0) is 43.3 Å². The van der Waals surface area contributed by atoms with Crippen molar-refractivity contribution in [2.24, 2.45) is 0 Å². The van der Waals surface area contributed by atoms with E-state index in [1.165, 1.54) is 0 Å². The van der Waals surface area contributed by atoms with E-state index in [9.17, 15) is 4.79 Å². The van der Waals surface area contributed by atoms with Crippen molar-refractivity contribution in [2.75, 3.05) is 19.0 Å². The van der Waals surface area contributed by atoms with Crippen LogP contribution in [0.1, 0.15) is 22.8 Å². The molecule has 0 saturated heterocycles. The Balaban J connectivity index is 2.21. The Bertz CT molecular complexity index is 684. The standard InChI is InChI=1S/C17H17Cl2NO3/c1-3-23-10-12-6-11(4-5-16(12)22-2)17(21)20-15-8-13(18)7-14(19)9-15/h4-9H,3,10H2,1-2H3,(H,20,21). The van der Waals surface area contributed by atoms with Crippen LogP contribution in [0.4, 0.5) is 5.69 Å². The normalized spacial score (nSPS) is 10.4. The Kier molecular flexibility index (Phi) is 6.28. The molecule has 2 aromatic rings. The number of anilines is 1. The van der Waals surface area contributed by atoms with Crippen LogP contribution < -0.4 is 10.1 Å². The molecule has 0 radical (unpaired) electrons. The number of halogens is 2. The third kappa shape index (κ3) is 4.86. The van der Waals surface area contributed by atoms with Crippen LogP contribution in [-0.2, 0) is 11.3 Å². The average Bonchev–Trinajstić information content (AvgIpc) is 2.51. The second-order valence-corrected chi connectivity index (χ2v) is 5.65. The van der Waals surface area contributed by atoms with E-state index in [4.69, 9.17) is 32.7 Å². The van der Waals surface area contributed by atoms with Gasteiger partial charge in [0.1, 0.15) is 5.75 Å². The summed E-state index contributed by atoms with van der Waals surface area (Å²) in [4.78, 5) is 12.4. The maximum absolute atomic E-state index is 12.4. The van der Waals surface area contributed by atoms with Crippen LogP contribution in [0.3, 0.4) is 0 Å². The lowest BCUT2D eigenvalue weighted by atomic mass is 10.1. The van der Waals surface area contributed by atoms with E-state index < -0.39 is 0 Å². The van der Waals surface area contributed by atoms with Gasteiger partial charge < -0.3 is 14.8 Å². The molecule has 1 N–H and O–H groups in total. The number of nitrogens with one attached hydrogen (secondary N) is 1. The topological polar surface area (TPSA) is 47.6 Å². The van der Waals surface area contributed by atoms with Gasteiger partial charge in [-0.15, -0.1) is 0 Å². The van der Waals surface area contributed by atoms with Gasteiger partial charge in [-0.25, -0.2) is 0 Å². The molecule has 0 atom stereocenters. The van der Waals surface area contributed by atoms with Crippen LogP contribution in [0.5, 0.6) is 5.75 Å². The van der Waals surface area contributed by atoms with E-state index in [0.717, 1.165) is 5.56 Å². The average molecular weight is 354 g/mol. The molecule has 23 heavy (non-hydrogen) atoms. The van der Waals surface area contributed by atoms with Gasteiger partial charge in [-0.3, -0.25) is 4.79 Å². The fraction of sp³-hybridized carbons (Fsp3) is 0.235. The number of methoxy groups -OCH3 is 1. The van der Waals surface area contributed by atoms with Crippen LogP contribution in [0.25, 0.3) is 0 Å². The first-order valence-electron chi connectivity index (χ1n) is 7.05. The first-order chi connectivity index (χ1) is 11.0. The molecule has 6 heteroatoms. The second-order valence-electron chi connectivity index (χ2n) is 4.78. The molecular formula is C17H17Cl2NO3. The highest BCUT2D eigenvalue weighted by Crippen LogP contribution is 2.24. The first kappa shape index (κ1) is 17.6. The van der Waals surface area contributed by atoms with E-state index in [-0.39, 0.29) is 5.91 Å². The van der Waals surface area contributed by atoms with Crippen molar-refractivity contribution in [1.29, 1.82) is 0 Å². The van der Waals surface area contributed by atoms with Crippen molar-refractivity contribution < 1.29 is 14.3 Å². The first-order valence-corrected chi connectivity index (χ1v) is 7.81. The summed E-state index contributed by atoms with van der Waals surface area (Å²) in [7, 11) is 1.58. The molecule has 0 spiro atoms. The number of carbonyl (C=O) groups excluding carboxylic acids is 1. The minimum absolute atomic E-state index is 0.260. The third-order valence-corrected chi connectivity index (χ3v) is 3.56. The van der Waals surface area contributed by atoms with Gasteiger partial charge in [-0.2, -0.15) is 0 Å². The molecule has 0 fully saturated rings. The van der Waals surface area contributed by atoms with Crippen molar-refractivity contribution >= 4 is 34.8 Å². The summed E-state index contributed by atoms with van der Waals surface area (Å²) in [6, 6.07) is 10.1. The summed E-state index contributed by atoms with van der Waals surface area (Å²) >= 11 is 11.9. The Morgan fingerprint density at radius 1 is 1.13 bits per heavy atom. The fourth-order valence-corrected chi connectivity index (χ4v) is 2.60. The highest BCUT2D eigenvalue weighted by atomic mass is 35.5. The summed E-state index contributed by atoms with van der Waals surface area (Å²) in [5.41, 5.74) is 1.84. The zero-order valence-electron chi connectivity index (χ0n) is 12.9. The Hall–Kier alpha value is -1.75. The largest absolute Gasteiger partial charge is 0.496 e. The minimum atomic E-state index is -0.260. The lowest BCUT2D eigenvalue weighted by Gasteiger charge is -2.11. The molecule has 2 aromatic carbocycles. The molecule has 0 heterocycles. The number of ether oxygens (including phenoxy) is 2. The van der Waals surface area contributed by atoms with Crippen molar-refractivity contribution in [2.45, 2.75) is 13.5 Å². The molecule has 122 valence electrons. The molecule has 0 aliphatic heterocycles. The second kappa shape index (κ2) is 8.20. The summed E-state index contributed by atoms with van der Waals surface area (Å²) in [6.45, 7) is 2.87. The number of rotatable bonds is 6. The molecular weight excluding hydrogens is 337 g/mol. The highest BCUT2D eigenvalue weighted by molar-refractivity contribution is 6.35. The van der Waals surface area contributed by atoms with Crippen molar-refractivity contribution in [1.82, 2.24) is 0 Å². The molecule has 0 bridgehead atoms. The van der Waals surface area contributed by atoms with Gasteiger partial charge in [0.15, 0.2) is 0 Å². The molecule has 0 aliphatic rings. The van der Waals surface area contributed by atoms with Crippen LogP contribution in [0.2, 0.25) is 10.0 Å². The van der Waals surface area contributed by atoms with Gasteiger partial charge >= 0.3 is 0 Å². The molecule has 0 saturated carbocycles. The number of carbonyl (C=O) groups is 1. The monoisotopic (exact) mass is 353 g/mol. The van der Waals surface area contributed by atoms with Crippen molar-refractivity contribution in [3.63, 3.8) is 0 Å². The minimum Gasteiger partial charge on any atom is -0.496 e. The zero-order chi connectivity index (χ0) is 16.8. The van der Waals surface area contributed by atoms with Crippen molar-refractivity contribution in [3.8, 4) is 5.75 Å². The zero-order valence-corrected chi connectivity index (χ0v) is 14.4. The maximum Gasteiger partial charge on any atom is 0.255 e. The number of amides is 1. The SMILES string of the molecule is CCOCc1cc(C(=O)Nc2cc(Cl)cc(Cl)c2)ccc1OC. The van der Waals surface area contributed by atoms with E-state index in [0.29, 0.717) is 40.3 Å². The lowest BCUT2D eigenvalue weighted by Crippen LogP contribution is -2.12. The number of hydrogen-bond donors (Lipinski definition) is 1. The number of hydrogen-bond acceptors (Lipinski definition) is 3. The van der Waals surface area contributed by atoms with E-state index in [1.54, 1.807) is 43.5 Å². The van der Waals surface area contributed by atoms with E-state index in [1.807, 2.05) is 6.92 Å². The summed E-state index contributed by atoms with van der Waals surface area (Å²) < 4.78 is 10.7. The van der Waals surface area contributed by atoms with E-state index in [2.05, 4.69) is 5.32 Å². The van der Waals surface area contributed by atoms with Gasteiger partial charge in [0, 0.05) is 33.5 Å². The third-order valence-electron chi connectivity index (χ3n) is 3.12. The van der Waals surface area contributed by atoms with Gasteiger partial charge in [-0.1, -0.05) is 23.2 Å². The molecule has 0 aromatic heterocycles. The highest BCUT2D eigenvalue weighted by Gasteiger charge is 2.11. The van der Waals surface area contributed by atoms with E-state index >= 15 is 0 Å². The molecule has 1 amide bonds. The number of benzene rings is 2.